The van der Waals surface area contributed by atoms with Gasteiger partial charge in [-0.05, 0) is 0 Å². The van der Waals surface area contributed by atoms with E-state index in [0.29, 0.717) is 0 Å². The van der Waals surface area contributed by atoms with Crippen molar-refractivity contribution in [3.63, 3.8) is 0 Å². The van der Waals surface area contributed by atoms with E-state index in [-0.39, 0.29) is 77.4 Å². The maximum Gasteiger partial charge on any atom is 2.00 e. The van der Waals surface area contributed by atoms with Crippen molar-refractivity contribution in [2.45, 2.75) is 0 Å². The summed E-state index contributed by atoms with van der Waals surface area (Å²) in [5.74, 6) is 0. The largest absolute Gasteiger partial charge is 2.00 e. The molecular formula is H7AlCaO3SiZn. The Labute approximate surface area is 99.3 Å². The van der Waals surface area contributed by atoms with Gasteiger partial charge in [0.1, 0.15) is 0 Å². The van der Waals surface area contributed by atoms with E-state index >= 15 is 0 Å². The molecule has 0 spiro atoms. The molecule has 0 aliphatic heterocycles. The van der Waals surface area contributed by atoms with Gasteiger partial charge in [-0.15, -0.1) is 0 Å². The third-order valence-electron chi connectivity index (χ3n) is 0. The Hall–Kier alpha value is 2.03. The van der Waals surface area contributed by atoms with E-state index in [1.54, 1.807) is 0 Å². The molecule has 2 N–H and O–H groups in total. The molecule has 0 fully saturated rings. The maximum absolute atomic E-state index is 8.74. The molecule has 36 valence electrons. The predicted molar refractivity (Wildman–Crippen MR) is 28.8 cm³/mol. The summed E-state index contributed by atoms with van der Waals surface area (Å²) in [7, 11) is -3.13. The van der Waals surface area contributed by atoms with E-state index in [1.807, 2.05) is 0 Å². The Balaban J connectivity index is -0.00000000450. The van der Waals surface area contributed by atoms with E-state index in [2.05, 4.69) is 0 Å². The van der Waals surface area contributed by atoms with Crippen LogP contribution in [0.2, 0.25) is 0 Å². The molecule has 7 heavy (non-hydrogen) atoms. The van der Waals surface area contributed by atoms with E-state index in [1.165, 1.54) is 0 Å². The Morgan fingerprint density at radius 1 is 1.43 bits per heavy atom. The van der Waals surface area contributed by atoms with Crippen LogP contribution in [0.3, 0.4) is 0 Å². The van der Waals surface area contributed by atoms with Crippen LogP contribution in [0.15, 0.2) is 0 Å². The van der Waals surface area contributed by atoms with E-state index < -0.39 is 9.17 Å². The molecule has 0 bridgehead atoms. The molecule has 0 amide bonds. The molecule has 0 rings (SSSR count). The van der Waals surface area contributed by atoms with Gasteiger partial charge in [0.05, 0.1) is 0 Å². The van der Waals surface area contributed by atoms with Crippen molar-refractivity contribution in [2.24, 2.45) is 0 Å². The zero-order valence-corrected chi connectivity index (χ0v) is 9.39. The molecule has 0 aromatic carbocycles. The van der Waals surface area contributed by atoms with Gasteiger partial charge in [0.25, 0.3) is 0 Å². The molecule has 0 aromatic rings. The molecule has 0 aliphatic rings. The number of hydrogen-bond acceptors (Lipinski definition) is 1. The van der Waals surface area contributed by atoms with Crippen molar-refractivity contribution in [2.75, 3.05) is 0 Å². The molecular weight excluding hydrogens is 209 g/mol. The molecule has 0 atom stereocenters. The van der Waals surface area contributed by atoms with Gasteiger partial charge in [-0.2, -0.15) is 0 Å². The third-order valence-corrected chi connectivity index (χ3v) is 0. The first-order valence-corrected chi connectivity index (χ1v) is 1.95. The van der Waals surface area contributed by atoms with E-state index in [0.717, 1.165) is 0 Å². The first kappa shape index (κ1) is 23.0. The molecule has 0 unspecified atom stereocenters. The second-order valence-corrected chi connectivity index (χ2v) is 0.848. The molecule has 0 heterocycles. The van der Waals surface area contributed by atoms with Crippen molar-refractivity contribution in [3.8, 4) is 0 Å². The fourth-order valence-electron chi connectivity index (χ4n) is 0. The summed E-state index contributed by atoms with van der Waals surface area (Å²) in [4.78, 5) is 14.3. The predicted octanol–water partition coefficient (Wildman–Crippen LogP) is -2.96. The minimum absolute atomic E-state index is 0. The first-order valence-electron chi connectivity index (χ1n) is 0.651. The summed E-state index contributed by atoms with van der Waals surface area (Å²) in [6, 6.07) is 0. The maximum atomic E-state index is 8.74. The topological polar surface area (TPSA) is 57.5 Å². The van der Waals surface area contributed by atoms with Crippen LogP contribution in [0.4, 0.5) is 0 Å². The minimum Gasteiger partial charge on any atom is -1.00 e. The molecule has 7 heteroatoms. The fourth-order valence-corrected chi connectivity index (χ4v) is 0. The van der Waals surface area contributed by atoms with Gasteiger partial charge in [-0.25, -0.2) is 0 Å². The van der Waals surface area contributed by atoms with Gasteiger partial charge < -0.3 is 12.4 Å². The number of hydrogen-bond donors (Lipinski definition) is 2. The van der Waals surface area contributed by atoms with Gasteiger partial charge in [0, 0.05) is 19.5 Å². The minimum atomic E-state index is -3.13. The SMILES string of the molecule is O=[Si](O)O.[AlH3].[Ca+2].[H-].[H-].[Zn]. The second kappa shape index (κ2) is 15.7. The average molecular weight is 216 g/mol. The summed E-state index contributed by atoms with van der Waals surface area (Å²) in [5.41, 5.74) is 0. The Bertz CT molecular complexity index is 44.8. The van der Waals surface area contributed by atoms with Crippen LogP contribution in [-0.2, 0) is 23.9 Å². The van der Waals surface area contributed by atoms with Gasteiger partial charge in [-0.1, -0.05) is 0 Å². The molecule has 3 nitrogen and oxygen atoms in total. The summed E-state index contributed by atoms with van der Waals surface area (Å²) < 4.78 is 8.74. The first-order chi connectivity index (χ1) is 1.73. The quantitative estimate of drug-likeness (QED) is 0.425. The fraction of sp³-hybridized carbons (Fsp3) is 0. The number of rotatable bonds is 0. The van der Waals surface area contributed by atoms with Crippen molar-refractivity contribution >= 4 is 64.3 Å². The smallest absolute Gasteiger partial charge is 1.00 e. The Morgan fingerprint density at radius 2 is 1.43 bits per heavy atom. The van der Waals surface area contributed by atoms with Crippen LogP contribution in [0.5, 0.6) is 0 Å². The Morgan fingerprint density at radius 3 is 1.43 bits per heavy atom. The van der Waals surface area contributed by atoms with E-state index in [4.69, 9.17) is 14.1 Å². The van der Waals surface area contributed by atoms with E-state index in [9.17, 15) is 0 Å². The average Bonchev–Trinajstić information content (AvgIpc) is 0.811. The molecule has 0 saturated heterocycles. The standard InChI is InChI=1S/Al.Ca.H2O3Si.Zn.5H/c;;1-4(2)3;;;;;;/h;;1-2H;;;;;;/q;+2;;;;;;2*-1. The van der Waals surface area contributed by atoms with Crippen molar-refractivity contribution in [3.05, 3.63) is 0 Å². The van der Waals surface area contributed by atoms with Gasteiger partial charge >= 0.3 is 46.9 Å². The van der Waals surface area contributed by atoms with Gasteiger partial charge in [0.15, 0.2) is 17.4 Å². The van der Waals surface area contributed by atoms with Crippen LogP contribution in [0.1, 0.15) is 2.85 Å². The van der Waals surface area contributed by atoms with Crippen molar-refractivity contribution < 1.29 is 36.4 Å². The van der Waals surface area contributed by atoms with Crippen LogP contribution in [-0.4, -0.2) is 73.9 Å². The summed E-state index contributed by atoms with van der Waals surface area (Å²) in [6.07, 6.45) is 0. The Kier molecular flexibility index (Phi) is 51.6. The van der Waals surface area contributed by atoms with Gasteiger partial charge in [-0.3, -0.25) is 4.46 Å². The summed E-state index contributed by atoms with van der Waals surface area (Å²) in [6.45, 7) is 0. The van der Waals surface area contributed by atoms with Crippen LogP contribution in [0.25, 0.3) is 0 Å². The van der Waals surface area contributed by atoms with Crippen LogP contribution < -0.4 is 0 Å². The second-order valence-electron chi connectivity index (χ2n) is 0.283. The summed E-state index contributed by atoms with van der Waals surface area (Å²) in [5, 5.41) is 0. The zero-order valence-electron chi connectivity index (χ0n) is 5.22. The van der Waals surface area contributed by atoms with Crippen LogP contribution >= 0.6 is 0 Å². The molecule has 0 saturated carbocycles. The third kappa shape index (κ3) is 70.8. The van der Waals surface area contributed by atoms with Crippen molar-refractivity contribution in [1.82, 2.24) is 0 Å². The van der Waals surface area contributed by atoms with Crippen molar-refractivity contribution in [1.29, 1.82) is 0 Å². The zero-order chi connectivity index (χ0) is 3.58. The van der Waals surface area contributed by atoms with Gasteiger partial charge in [0.2, 0.25) is 0 Å². The molecule has 0 radical (unpaired) electrons. The monoisotopic (exact) mass is 214 g/mol. The molecule has 0 aliphatic carbocycles. The molecule has 0 aromatic heterocycles. The van der Waals surface area contributed by atoms with Crippen LogP contribution in [0, 0.1) is 0 Å². The summed E-state index contributed by atoms with van der Waals surface area (Å²) >= 11 is 0. The normalized spacial score (nSPS) is 3.43.